The highest BCUT2D eigenvalue weighted by Gasteiger charge is 2.34. The van der Waals surface area contributed by atoms with Crippen LogP contribution in [-0.4, -0.2) is 58.9 Å². The van der Waals surface area contributed by atoms with Crippen molar-refractivity contribution in [2.45, 2.75) is 46.3 Å². The maximum Gasteiger partial charge on any atom is 0.272 e. The van der Waals surface area contributed by atoms with Crippen molar-refractivity contribution >= 4 is 17.7 Å². The summed E-state index contributed by atoms with van der Waals surface area (Å²) >= 11 is 0. The van der Waals surface area contributed by atoms with Crippen LogP contribution in [0.3, 0.4) is 0 Å². The van der Waals surface area contributed by atoms with Gasteiger partial charge in [0, 0.05) is 25.7 Å². The molecule has 1 unspecified atom stereocenters. The summed E-state index contributed by atoms with van der Waals surface area (Å²) < 4.78 is 16.0. The van der Waals surface area contributed by atoms with Crippen molar-refractivity contribution in [1.82, 2.24) is 25.1 Å². The normalized spacial score (nSPS) is 15.3. The molecular formula is C23H31FN6O3. The van der Waals surface area contributed by atoms with E-state index in [4.69, 9.17) is 5.73 Å². The molecule has 1 atom stereocenters. The molecule has 0 saturated carbocycles. The number of amides is 3. The maximum atomic E-state index is 14.1. The minimum absolute atomic E-state index is 0.196. The van der Waals surface area contributed by atoms with E-state index < -0.39 is 29.1 Å². The molecule has 0 bridgehead atoms. The van der Waals surface area contributed by atoms with Gasteiger partial charge < -0.3 is 25.8 Å². The number of carbonyl (C=O) groups excluding carboxylic acids is 3. The van der Waals surface area contributed by atoms with Gasteiger partial charge in [-0.2, -0.15) is 0 Å². The number of imidazole rings is 1. The lowest BCUT2D eigenvalue weighted by atomic mass is 9.86. The molecule has 2 aromatic rings. The lowest BCUT2D eigenvalue weighted by Crippen LogP contribution is -2.53. The summed E-state index contributed by atoms with van der Waals surface area (Å²) in [5, 5.41) is 5.43. The van der Waals surface area contributed by atoms with E-state index >= 15 is 0 Å². The first-order valence-electron chi connectivity index (χ1n) is 10.8. The average Bonchev–Trinajstić information content (AvgIpc) is 2.97. The number of hydrogen-bond donors (Lipinski definition) is 3. The number of nitrogens with one attached hydrogen (secondary N) is 2. The lowest BCUT2D eigenvalue weighted by molar-refractivity contribution is -0.124. The second kappa shape index (κ2) is 9.30. The number of benzene rings is 1. The topological polar surface area (TPSA) is 122 Å². The van der Waals surface area contributed by atoms with Gasteiger partial charge in [0.25, 0.3) is 11.8 Å². The third kappa shape index (κ3) is 5.05. The Kier molecular flexibility index (Phi) is 6.87. The quantitative estimate of drug-likeness (QED) is 0.627. The zero-order valence-electron chi connectivity index (χ0n) is 19.7. The fourth-order valence-electron chi connectivity index (χ4n) is 4.00. The Morgan fingerprint density at radius 3 is 2.52 bits per heavy atom. The summed E-state index contributed by atoms with van der Waals surface area (Å²) in [7, 11) is 3.48. The summed E-state index contributed by atoms with van der Waals surface area (Å²) in [6.07, 6.45) is 0.820. The minimum Gasteiger partial charge on any atom is -0.366 e. The molecule has 0 fully saturated rings. The second-order valence-corrected chi connectivity index (χ2v) is 9.42. The van der Waals surface area contributed by atoms with Crippen LogP contribution in [0.5, 0.6) is 0 Å². The van der Waals surface area contributed by atoms with E-state index in [1.165, 1.54) is 25.2 Å². The molecule has 0 saturated heterocycles. The van der Waals surface area contributed by atoms with Crippen LogP contribution < -0.4 is 16.4 Å². The molecule has 0 spiro atoms. The van der Waals surface area contributed by atoms with Crippen LogP contribution >= 0.6 is 0 Å². The van der Waals surface area contributed by atoms with Gasteiger partial charge in [-0.15, -0.1) is 0 Å². The van der Waals surface area contributed by atoms with Gasteiger partial charge in [0.1, 0.15) is 17.7 Å². The third-order valence-electron chi connectivity index (χ3n) is 5.77. The van der Waals surface area contributed by atoms with E-state index in [2.05, 4.69) is 20.5 Å². The van der Waals surface area contributed by atoms with Crippen molar-refractivity contribution in [3.05, 3.63) is 41.0 Å². The van der Waals surface area contributed by atoms with E-state index in [9.17, 15) is 18.8 Å². The molecule has 33 heavy (non-hydrogen) atoms. The predicted octanol–water partition coefficient (Wildman–Crippen LogP) is 1.51. The molecule has 9 nitrogen and oxygen atoms in total. The molecule has 1 aromatic heterocycles. The van der Waals surface area contributed by atoms with Crippen LogP contribution in [0, 0.1) is 11.2 Å². The zero-order valence-corrected chi connectivity index (χ0v) is 19.7. The average molecular weight is 459 g/mol. The van der Waals surface area contributed by atoms with E-state index in [1.807, 2.05) is 32.4 Å². The van der Waals surface area contributed by atoms with Crippen molar-refractivity contribution in [2.24, 2.45) is 11.1 Å². The van der Waals surface area contributed by atoms with Crippen molar-refractivity contribution in [2.75, 3.05) is 20.6 Å². The first-order valence-corrected chi connectivity index (χ1v) is 10.8. The Balaban J connectivity index is 2.11. The molecule has 3 rings (SSSR count). The number of aromatic nitrogens is 2. The number of rotatable bonds is 5. The van der Waals surface area contributed by atoms with Gasteiger partial charge >= 0.3 is 0 Å². The number of carbonyl (C=O) groups is 3. The van der Waals surface area contributed by atoms with Crippen molar-refractivity contribution < 1.29 is 18.8 Å². The van der Waals surface area contributed by atoms with Gasteiger partial charge in [0.05, 0.1) is 11.3 Å². The Hall–Kier alpha value is -3.27. The number of fused-ring (bicyclic) bond motifs is 1. The second-order valence-electron chi connectivity index (χ2n) is 9.42. The Bertz CT molecular complexity index is 1090. The first-order chi connectivity index (χ1) is 15.4. The maximum absolute atomic E-state index is 14.1. The van der Waals surface area contributed by atoms with E-state index in [1.54, 1.807) is 0 Å². The van der Waals surface area contributed by atoms with Crippen LogP contribution in [0.2, 0.25) is 0 Å². The number of hydrogen-bond acceptors (Lipinski definition) is 5. The van der Waals surface area contributed by atoms with Crippen LogP contribution in [-0.2, 0) is 17.9 Å². The van der Waals surface area contributed by atoms with Crippen molar-refractivity contribution in [3.63, 3.8) is 0 Å². The van der Waals surface area contributed by atoms with Gasteiger partial charge in [0.15, 0.2) is 5.69 Å². The number of halogens is 1. The Morgan fingerprint density at radius 2 is 1.91 bits per heavy atom. The predicted molar refractivity (Wildman–Crippen MR) is 122 cm³/mol. The fraction of sp³-hybridized carbons (Fsp3) is 0.478. The molecule has 0 radical (unpaired) electrons. The van der Waals surface area contributed by atoms with Gasteiger partial charge in [-0.05, 0) is 43.6 Å². The number of nitrogens with zero attached hydrogens (tertiary/aromatic N) is 3. The minimum atomic E-state index is -0.881. The van der Waals surface area contributed by atoms with Crippen molar-refractivity contribution in [3.8, 4) is 11.4 Å². The van der Waals surface area contributed by atoms with Gasteiger partial charge in [-0.1, -0.05) is 20.8 Å². The molecule has 2 heterocycles. The molecule has 0 aliphatic carbocycles. The smallest absolute Gasteiger partial charge is 0.272 e. The summed E-state index contributed by atoms with van der Waals surface area (Å²) in [6.45, 7) is 7.48. The van der Waals surface area contributed by atoms with Crippen LogP contribution in [0.15, 0.2) is 18.2 Å². The monoisotopic (exact) mass is 458 g/mol. The molecule has 178 valence electrons. The van der Waals surface area contributed by atoms with E-state index in [0.717, 1.165) is 13.0 Å². The standard InChI is InChI=1S/C23H31FN6O3/c1-23(2,3)18(22(33)26-4)28-21(32)17-16-12-29(5)9-6-10-30(16)20(27-17)13-7-8-15(24)14(11-13)19(25)31/h7-8,11,18H,6,9-10,12H2,1-5H3,(H2,25,31)(H,26,33)(H,28,32). The molecule has 1 aliphatic heterocycles. The summed E-state index contributed by atoms with van der Waals surface area (Å²) in [5.41, 5.74) is 5.92. The molecule has 1 aliphatic rings. The van der Waals surface area contributed by atoms with Gasteiger partial charge in [-0.3, -0.25) is 14.4 Å². The van der Waals surface area contributed by atoms with Crippen molar-refractivity contribution in [1.29, 1.82) is 0 Å². The largest absolute Gasteiger partial charge is 0.366 e. The Morgan fingerprint density at radius 1 is 1.21 bits per heavy atom. The number of likely N-dealkylation sites (N-methyl/N-ethyl adjacent to an activating group) is 1. The lowest BCUT2D eigenvalue weighted by Gasteiger charge is -2.29. The molecule has 3 amide bonds. The number of primary amides is 1. The van der Waals surface area contributed by atoms with Crippen LogP contribution in [0.25, 0.3) is 11.4 Å². The summed E-state index contributed by atoms with van der Waals surface area (Å²) in [5.74, 6) is -1.93. The van der Waals surface area contributed by atoms with Gasteiger partial charge in [0.2, 0.25) is 5.91 Å². The van der Waals surface area contributed by atoms with Gasteiger partial charge in [-0.25, -0.2) is 9.37 Å². The van der Waals surface area contributed by atoms with Crippen LogP contribution in [0.1, 0.15) is 53.7 Å². The molecule has 10 heteroatoms. The third-order valence-corrected chi connectivity index (χ3v) is 5.77. The fourth-order valence-corrected chi connectivity index (χ4v) is 4.00. The SMILES string of the molecule is CNC(=O)C(NC(=O)c1nc(-c2ccc(F)c(C(N)=O)c2)n2c1CN(C)CCC2)C(C)(C)C. The van der Waals surface area contributed by atoms with E-state index in [-0.39, 0.29) is 17.2 Å². The zero-order chi connectivity index (χ0) is 24.5. The number of nitrogens with two attached hydrogens (primary N) is 1. The molecular weight excluding hydrogens is 427 g/mol. The summed E-state index contributed by atoms with van der Waals surface area (Å²) in [4.78, 5) is 44.2. The Labute approximate surface area is 192 Å². The van der Waals surface area contributed by atoms with Crippen LogP contribution in [0.4, 0.5) is 4.39 Å². The molecule has 4 N–H and O–H groups in total. The highest BCUT2D eigenvalue weighted by Crippen LogP contribution is 2.28. The highest BCUT2D eigenvalue weighted by atomic mass is 19.1. The van der Waals surface area contributed by atoms with E-state index in [0.29, 0.717) is 30.2 Å². The molecule has 1 aromatic carbocycles. The first kappa shape index (κ1) is 24.4. The summed E-state index contributed by atoms with van der Waals surface area (Å²) in [6, 6.07) is 3.26. The highest BCUT2D eigenvalue weighted by molar-refractivity contribution is 5.98.